The first kappa shape index (κ1) is 10.7. The van der Waals surface area contributed by atoms with Crippen LogP contribution in [0.2, 0.25) is 0 Å². The normalized spacial score (nSPS) is 20.3. The lowest BCUT2D eigenvalue weighted by Crippen LogP contribution is -2.18. The van der Waals surface area contributed by atoms with Crippen LogP contribution in [0.1, 0.15) is 19.3 Å². The van der Waals surface area contributed by atoms with Gasteiger partial charge in [-0.15, -0.1) is 0 Å². The van der Waals surface area contributed by atoms with Crippen LogP contribution in [0.15, 0.2) is 34.8 Å². The van der Waals surface area contributed by atoms with Crippen molar-refractivity contribution in [3.8, 4) is 0 Å². The molecule has 15 heavy (non-hydrogen) atoms. The number of hydrogen-bond acceptors (Lipinski definition) is 1. The van der Waals surface area contributed by atoms with E-state index in [2.05, 4.69) is 33.4 Å². The largest absolute Gasteiger partial charge is 0.378 e. The van der Waals surface area contributed by atoms with Crippen molar-refractivity contribution in [2.75, 3.05) is 5.32 Å². The van der Waals surface area contributed by atoms with E-state index in [1.54, 1.807) is 6.07 Å². The van der Waals surface area contributed by atoms with Gasteiger partial charge in [0, 0.05) is 16.2 Å². The van der Waals surface area contributed by atoms with Crippen LogP contribution < -0.4 is 5.32 Å². The van der Waals surface area contributed by atoms with Crippen LogP contribution in [0, 0.1) is 5.82 Å². The zero-order valence-corrected chi connectivity index (χ0v) is 9.93. The standard InChI is InChI=1S/C12H13BrFN/c13-11-8-9(14)6-7-12(11)15-10-4-2-1-3-5-10/h2,4,6-8,10,15H,1,3,5H2. The van der Waals surface area contributed by atoms with E-state index in [9.17, 15) is 4.39 Å². The van der Waals surface area contributed by atoms with Gasteiger partial charge < -0.3 is 5.32 Å². The van der Waals surface area contributed by atoms with Gasteiger partial charge in [-0.25, -0.2) is 4.39 Å². The quantitative estimate of drug-likeness (QED) is 0.797. The topological polar surface area (TPSA) is 12.0 Å². The lowest BCUT2D eigenvalue weighted by Gasteiger charge is -2.20. The van der Waals surface area contributed by atoms with E-state index >= 15 is 0 Å². The molecule has 0 saturated carbocycles. The second-order valence-corrected chi connectivity index (χ2v) is 4.59. The smallest absolute Gasteiger partial charge is 0.124 e. The molecule has 0 aromatic heterocycles. The molecule has 0 saturated heterocycles. The van der Waals surface area contributed by atoms with Gasteiger partial charge in [-0.3, -0.25) is 0 Å². The Labute approximate surface area is 97.5 Å². The van der Waals surface area contributed by atoms with E-state index in [4.69, 9.17) is 0 Å². The number of benzene rings is 1. The van der Waals surface area contributed by atoms with Gasteiger partial charge in [-0.1, -0.05) is 12.2 Å². The Morgan fingerprint density at radius 1 is 1.40 bits per heavy atom. The fraction of sp³-hybridized carbons (Fsp3) is 0.333. The lowest BCUT2D eigenvalue weighted by molar-refractivity contribution is 0.626. The Kier molecular flexibility index (Phi) is 3.41. The van der Waals surface area contributed by atoms with Crippen molar-refractivity contribution < 1.29 is 4.39 Å². The molecule has 0 aliphatic heterocycles. The van der Waals surface area contributed by atoms with Gasteiger partial charge in [0.05, 0.1) is 0 Å². The van der Waals surface area contributed by atoms with Crippen LogP contribution >= 0.6 is 15.9 Å². The Morgan fingerprint density at radius 3 is 2.93 bits per heavy atom. The molecule has 0 bridgehead atoms. The molecule has 0 radical (unpaired) electrons. The minimum atomic E-state index is -0.216. The van der Waals surface area contributed by atoms with E-state index in [1.807, 2.05) is 0 Å². The van der Waals surface area contributed by atoms with Crippen LogP contribution in [-0.2, 0) is 0 Å². The fourth-order valence-corrected chi connectivity index (χ4v) is 2.20. The Bertz CT molecular complexity index is 376. The molecule has 2 rings (SSSR count). The maximum atomic E-state index is 12.9. The third-order valence-corrected chi connectivity index (χ3v) is 3.18. The van der Waals surface area contributed by atoms with Crippen molar-refractivity contribution in [3.05, 3.63) is 40.6 Å². The van der Waals surface area contributed by atoms with Gasteiger partial charge in [0.15, 0.2) is 0 Å². The highest BCUT2D eigenvalue weighted by atomic mass is 79.9. The number of anilines is 1. The van der Waals surface area contributed by atoms with E-state index in [0.29, 0.717) is 6.04 Å². The minimum absolute atomic E-state index is 0.216. The average molecular weight is 270 g/mol. The van der Waals surface area contributed by atoms with E-state index in [-0.39, 0.29) is 5.82 Å². The van der Waals surface area contributed by atoms with Crippen LogP contribution in [0.4, 0.5) is 10.1 Å². The summed E-state index contributed by atoms with van der Waals surface area (Å²) >= 11 is 3.35. The first-order valence-corrected chi connectivity index (χ1v) is 5.93. The molecular formula is C12H13BrFN. The van der Waals surface area contributed by atoms with Gasteiger partial charge in [0.1, 0.15) is 5.82 Å². The number of nitrogens with one attached hydrogen (secondary N) is 1. The van der Waals surface area contributed by atoms with Crippen LogP contribution in [0.25, 0.3) is 0 Å². The molecule has 1 aromatic rings. The summed E-state index contributed by atoms with van der Waals surface area (Å²) in [6, 6.07) is 5.09. The summed E-state index contributed by atoms with van der Waals surface area (Å²) in [5, 5.41) is 3.38. The van der Waals surface area contributed by atoms with Crippen molar-refractivity contribution in [2.45, 2.75) is 25.3 Å². The second-order valence-electron chi connectivity index (χ2n) is 3.73. The number of rotatable bonds is 2. The summed E-state index contributed by atoms with van der Waals surface area (Å²) in [4.78, 5) is 0. The van der Waals surface area contributed by atoms with Crippen molar-refractivity contribution in [2.24, 2.45) is 0 Å². The van der Waals surface area contributed by atoms with Crippen LogP contribution in [0.5, 0.6) is 0 Å². The van der Waals surface area contributed by atoms with Crippen LogP contribution in [-0.4, -0.2) is 6.04 Å². The molecule has 1 N–H and O–H groups in total. The number of halogens is 2. The molecule has 1 unspecified atom stereocenters. The Hall–Kier alpha value is -0.830. The Morgan fingerprint density at radius 2 is 2.27 bits per heavy atom. The SMILES string of the molecule is Fc1ccc(NC2C=CCCC2)c(Br)c1. The highest BCUT2D eigenvalue weighted by Gasteiger charge is 2.09. The minimum Gasteiger partial charge on any atom is -0.378 e. The lowest BCUT2D eigenvalue weighted by atomic mass is 10.0. The molecule has 0 amide bonds. The summed E-state index contributed by atoms with van der Waals surface area (Å²) in [6.45, 7) is 0. The molecule has 1 nitrogen and oxygen atoms in total. The van der Waals surface area contributed by atoms with E-state index < -0.39 is 0 Å². The summed E-state index contributed by atoms with van der Waals surface area (Å²) in [5.41, 5.74) is 0.952. The second kappa shape index (κ2) is 4.79. The van der Waals surface area contributed by atoms with E-state index in [1.165, 1.54) is 25.0 Å². The average Bonchev–Trinajstić information content (AvgIpc) is 2.24. The van der Waals surface area contributed by atoms with Crippen LogP contribution in [0.3, 0.4) is 0 Å². The molecule has 0 spiro atoms. The predicted molar refractivity (Wildman–Crippen MR) is 64.5 cm³/mol. The summed E-state index contributed by atoms with van der Waals surface area (Å²) in [6.07, 6.45) is 7.90. The molecule has 1 atom stereocenters. The molecule has 80 valence electrons. The summed E-state index contributed by atoms with van der Waals surface area (Å²) in [5.74, 6) is -0.216. The predicted octanol–water partition coefficient (Wildman–Crippen LogP) is 4.11. The van der Waals surface area contributed by atoms with Gasteiger partial charge in [0.2, 0.25) is 0 Å². The van der Waals surface area contributed by atoms with Crippen molar-refractivity contribution >= 4 is 21.6 Å². The van der Waals surface area contributed by atoms with Gasteiger partial charge in [-0.05, 0) is 53.4 Å². The molecule has 3 heteroatoms. The third-order valence-electron chi connectivity index (χ3n) is 2.53. The zero-order chi connectivity index (χ0) is 10.7. The highest BCUT2D eigenvalue weighted by Crippen LogP contribution is 2.25. The molecule has 1 aromatic carbocycles. The number of allylic oxidation sites excluding steroid dienone is 1. The van der Waals surface area contributed by atoms with E-state index in [0.717, 1.165) is 16.6 Å². The highest BCUT2D eigenvalue weighted by molar-refractivity contribution is 9.10. The Balaban J connectivity index is 2.09. The van der Waals surface area contributed by atoms with Crippen molar-refractivity contribution in [1.82, 2.24) is 0 Å². The van der Waals surface area contributed by atoms with Gasteiger partial charge in [-0.2, -0.15) is 0 Å². The maximum Gasteiger partial charge on any atom is 0.124 e. The third kappa shape index (κ3) is 2.81. The first-order valence-electron chi connectivity index (χ1n) is 5.14. The molecule has 1 aliphatic rings. The molecule has 1 aliphatic carbocycles. The molecule has 0 heterocycles. The maximum absolute atomic E-state index is 12.9. The van der Waals surface area contributed by atoms with Crippen molar-refractivity contribution in [1.29, 1.82) is 0 Å². The molecular weight excluding hydrogens is 257 g/mol. The van der Waals surface area contributed by atoms with Gasteiger partial charge >= 0.3 is 0 Å². The monoisotopic (exact) mass is 269 g/mol. The number of hydrogen-bond donors (Lipinski definition) is 1. The zero-order valence-electron chi connectivity index (χ0n) is 8.34. The first-order chi connectivity index (χ1) is 7.25. The molecule has 0 fully saturated rings. The summed E-state index contributed by atoms with van der Waals surface area (Å²) < 4.78 is 13.6. The summed E-state index contributed by atoms with van der Waals surface area (Å²) in [7, 11) is 0. The fourth-order valence-electron chi connectivity index (χ4n) is 1.74. The van der Waals surface area contributed by atoms with Gasteiger partial charge in [0.25, 0.3) is 0 Å². The van der Waals surface area contributed by atoms with Crippen molar-refractivity contribution in [3.63, 3.8) is 0 Å².